The van der Waals surface area contributed by atoms with Gasteiger partial charge in [-0.3, -0.25) is 0 Å². The van der Waals surface area contributed by atoms with Gasteiger partial charge in [-0.15, -0.1) is 0 Å². The standard InChI is InChI=1S/C16H25NO/c1-13(2)16(18,14-8-4-3-5-9-14)12-17-15-10-6-7-11-15/h3-5,8-9,13,15,17-18H,6-7,10-12H2,1-2H3. The van der Waals surface area contributed by atoms with Gasteiger partial charge in [0.15, 0.2) is 0 Å². The van der Waals surface area contributed by atoms with Crippen LogP contribution < -0.4 is 5.32 Å². The van der Waals surface area contributed by atoms with Crippen LogP contribution >= 0.6 is 0 Å². The Labute approximate surface area is 110 Å². The molecule has 0 spiro atoms. The summed E-state index contributed by atoms with van der Waals surface area (Å²) in [6.07, 6.45) is 5.15. The zero-order valence-electron chi connectivity index (χ0n) is 11.5. The van der Waals surface area contributed by atoms with Crippen molar-refractivity contribution in [2.24, 2.45) is 5.92 Å². The van der Waals surface area contributed by atoms with Gasteiger partial charge in [0, 0.05) is 12.6 Å². The fourth-order valence-corrected chi connectivity index (χ4v) is 2.80. The van der Waals surface area contributed by atoms with Gasteiger partial charge in [-0.25, -0.2) is 0 Å². The molecule has 1 aromatic rings. The van der Waals surface area contributed by atoms with Crippen molar-refractivity contribution in [2.75, 3.05) is 6.54 Å². The molecule has 0 bridgehead atoms. The molecule has 1 aliphatic rings. The van der Waals surface area contributed by atoms with E-state index in [0.29, 0.717) is 12.6 Å². The molecule has 0 aromatic heterocycles. The zero-order chi connectivity index (χ0) is 13.0. The molecule has 2 rings (SSSR count). The average Bonchev–Trinajstić information content (AvgIpc) is 2.90. The lowest BCUT2D eigenvalue weighted by atomic mass is 9.83. The first kappa shape index (κ1) is 13.6. The largest absolute Gasteiger partial charge is 0.384 e. The summed E-state index contributed by atoms with van der Waals surface area (Å²) in [4.78, 5) is 0. The van der Waals surface area contributed by atoms with E-state index in [-0.39, 0.29) is 5.92 Å². The molecule has 100 valence electrons. The third-order valence-corrected chi connectivity index (χ3v) is 4.24. The van der Waals surface area contributed by atoms with Gasteiger partial charge in [-0.2, -0.15) is 0 Å². The highest BCUT2D eigenvalue weighted by molar-refractivity contribution is 5.23. The summed E-state index contributed by atoms with van der Waals surface area (Å²) >= 11 is 0. The van der Waals surface area contributed by atoms with E-state index in [2.05, 4.69) is 19.2 Å². The Balaban J connectivity index is 2.06. The van der Waals surface area contributed by atoms with Gasteiger partial charge in [0.2, 0.25) is 0 Å². The van der Waals surface area contributed by atoms with Crippen molar-refractivity contribution in [3.63, 3.8) is 0 Å². The zero-order valence-corrected chi connectivity index (χ0v) is 11.5. The van der Waals surface area contributed by atoms with E-state index in [1.165, 1.54) is 25.7 Å². The maximum absolute atomic E-state index is 11.0. The number of hydrogen-bond acceptors (Lipinski definition) is 2. The minimum absolute atomic E-state index is 0.203. The second-order valence-corrected chi connectivity index (χ2v) is 5.81. The van der Waals surface area contributed by atoms with Gasteiger partial charge >= 0.3 is 0 Å². The Morgan fingerprint density at radius 1 is 1.22 bits per heavy atom. The van der Waals surface area contributed by atoms with Gasteiger partial charge in [0.05, 0.1) is 0 Å². The summed E-state index contributed by atoms with van der Waals surface area (Å²) in [5, 5.41) is 14.5. The highest BCUT2D eigenvalue weighted by Crippen LogP contribution is 2.29. The first-order valence-electron chi connectivity index (χ1n) is 7.14. The molecular formula is C16H25NO. The minimum Gasteiger partial charge on any atom is -0.384 e. The van der Waals surface area contributed by atoms with Crippen molar-refractivity contribution in [2.45, 2.75) is 51.2 Å². The van der Waals surface area contributed by atoms with Crippen LogP contribution in [0, 0.1) is 5.92 Å². The smallest absolute Gasteiger partial charge is 0.104 e. The highest BCUT2D eigenvalue weighted by atomic mass is 16.3. The molecule has 0 radical (unpaired) electrons. The quantitative estimate of drug-likeness (QED) is 0.838. The number of rotatable bonds is 5. The fraction of sp³-hybridized carbons (Fsp3) is 0.625. The summed E-state index contributed by atoms with van der Waals surface area (Å²) in [5.74, 6) is 0.203. The van der Waals surface area contributed by atoms with Crippen LogP contribution in [0.5, 0.6) is 0 Å². The molecule has 0 saturated heterocycles. The summed E-state index contributed by atoms with van der Waals surface area (Å²) < 4.78 is 0. The lowest BCUT2D eigenvalue weighted by molar-refractivity contribution is -0.0114. The molecule has 2 N–H and O–H groups in total. The van der Waals surface area contributed by atoms with Crippen molar-refractivity contribution in [3.05, 3.63) is 35.9 Å². The Morgan fingerprint density at radius 2 is 1.83 bits per heavy atom. The van der Waals surface area contributed by atoms with Crippen LogP contribution in [0.2, 0.25) is 0 Å². The van der Waals surface area contributed by atoms with E-state index in [1.54, 1.807) is 0 Å². The molecule has 0 aliphatic heterocycles. The summed E-state index contributed by atoms with van der Waals surface area (Å²) in [6.45, 7) is 4.83. The predicted octanol–water partition coefficient (Wildman–Crippen LogP) is 3.06. The van der Waals surface area contributed by atoms with Crippen LogP contribution in [0.25, 0.3) is 0 Å². The van der Waals surface area contributed by atoms with Crippen LogP contribution in [-0.4, -0.2) is 17.7 Å². The number of nitrogens with one attached hydrogen (secondary N) is 1. The second-order valence-electron chi connectivity index (χ2n) is 5.81. The third-order valence-electron chi connectivity index (χ3n) is 4.24. The van der Waals surface area contributed by atoms with Gasteiger partial charge in [0.25, 0.3) is 0 Å². The lowest BCUT2D eigenvalue weighted by Crippen LogP contribution is -2.45. The summed E-state index contributed by atoms with van der Waals surface area (Å²) in [6, 6.07) is 10.6. The topological polar surface area (TPSA) is 32.3 Å². The van der Waals surface area contributed by atoms with Crippen LogP contribution in [0.3, 0.4) is 0 Å². The van der Waals surface area contributed by atoms with Crippen LogP contribution in [0.15, 0.2) is 30.3 Å². The normalized spacial score (nSPS) is 20.2. The number of benzene rings is 1. The molecular weight excluding hydrogens is 222 g/mol. The predicted molar refractivity (Wildman–Crippen MR) is 75.4 cm³/mol. The Hall–Kier alpha value is -0.860. The van der Waals surface area contributed by atoms with Crippen LogP contribution in [0.1, 0.15) is 45.1 Å². The van der Waals surface area contributed by atoms with E-state index in [0.717, 1.165) is 5.56 Å². The molecule has 1 aliphatic carbocycles. The van der Waals surface area contributed by atoms with E-state index in [9.17, 15) is 5.11 Å². The molecule has 1 unspecified atom stereocenters. The number of aliphatic hydroxyl groups is 1. The maximum Gasteiger partial charge on any atom is 0.104 e. The third kappa shape index (κ3) is 2.93. The second kappa shape index (κ2) is 5.85. The van der Waals surface area contributed by atoms with Gasteiger partial charge in [0.1, 0.15) is 5.60 Å². The monoisotopic (exact) mass is 247 g/mol. The van der Waals surface area contributed by atoms with E-state index < -0.39 is 5.60 Å². The van der Waals surface area contributed by atoms with Crippen molar-refractivity contribution in [3.8, 4) is 0 Å². The van der Waals surface area contributed by atoms with Crippen molar-refractivity contribution >= 4 is 0 Å². The minimum atomic E-state index is -0.760. The molecule has 1 atom stereocenters. The highest BCUT2D eigenvalue weighted by Gasteiger charge is 2.33. The maximum atomic E-state index is 11.0. The lowest BCUT2D eigenvalue weighted by Gasteiger charge is -2.34. The van der Waals surface area contributed by atoms with Crippen LogP contribution in [-0.2, 0) is 5.60 Å². The van der Waals surface area contributed by atoms with Crippen LogP contribution in [0.4, 0.5) is 0 Å². The molecule has 1 saturated carbocycles. The Kier molecular flexibility index (Phi) is 4.41. The Bertz CT molecular complexity index is 357. The van der Waals surface area contributed by atoms with E-state index in [1.807, 2.05) is 30.3 Å². The molecule has 0 heterocycles. The Morgan fingerprint density at radius 3 is 2.39 bits per heavy atom. The molecule has 0 amide bonds. The van der Waals surface area contributed by atoms with Gasteiger partial charge in [-0.05, 0) is 24.3 Å². The summed E-state index contributed by atoms with van der Waals surface area (Å²) in [5.41, 5.74) is 0.259. The van der Waals surface area contributed by atoms with Crippen molar-refractivity contribution in [1.29, 1.82) is 0 Å². The van der Waals surface area contributed by atoms with E-state index >= 15 is 0 Å². The molecule has 2 heteroatoms. The van der Waals surface area contributed by atoms with Crippen molar-refractivity contribution < 1.29 is 5.11 Å². The molecule has 1 fully saturated rings. The molecule has 2 nitrogen and oxygen atoms in total. The first-order valence-corrected chi connectivity index (χ1v) is 7.14. The van der Waals surface area contributed by atoms with Crippen molar-refractivity contribution in [1.82, 2.24) is 5.32 Å². The number of hydrogen-bond donors (Lipinski definition) is 2. The average molecular weight is 247 g/mol. The SMILES string of the molecule is CC(C)C(O)(CNC1CCCC1)c1ccccc1. The van der Waals surface area contributed by atoms with Gasteiger partial charge in [-0.1, -0.05) is 57.0 Å². The summed E-state index contributed by atoms with van der Waals surface area (Å²) in [7, 11) is 0. The molecule has 1 aromatic carbocycles. The first-order chi connectivity index (χ1) is 8.63. The van der Waals surface area contributed by atoms with Gasteiger partial charge < -0.3 is 10.4 Å². The fourth-order valence-electron chi connectivity index (χ4n) is 2.80. The van der Waals surface area contributed by atoms with E-state index in [4.69, 9.17) is 0 Å². The molecule has 18 heavy (non-hydrogen) atoms.